The van der Waals surface area contributed by atoms with Crippen LogP contribution in [0.25, 0.3) is 0 Å². The number of nitrogens with zero attached hydrogens (tertiary/aromatic N) is 1. The molecule has 2 fully saturated rings. The molecule has 0 aromatic heterocycles. The number of rotatable bonds is 3. The van der Waals surface area contributed by atoms with Crippen LogP contribution < -0.4 is 0 Å². The largest absolute Gasteiger partial charge is 0.348 e. The zero-order chi connectivity index (χ0) is 16.2. The lowest BCUT2D eigenvalue weighted by Crippen LogP contribution is -2.34. The van der Waals surface area contributed by atoms with Crippen molar-refractivity contribution in [3.8, 4) is 6.07 Å². The smallest absolute Gasteiger partial charge is 0.183 e. The summed E-state index contributed by atoms with van der Waals surface area (Å²) < 4.78 is 25.4. The van der Waals surface area contributed by atoms with Crippen LogP contribution in [-0.2, 0) is 9.47 Å². The second-order valence-electron chi connectivity index (χ2n) is 6.80. The van der Waals surface area contributed by atoms with E-state index in [0.717, 1.165) is 5.92 Å². The van der Waals surface area contributed by atoms with Gasteiger partial charge >= 0.3 is 0 Å². The van der Waals surface area contributed by atoms with Gasteiger partial charge in [0.05, 0.1) is 18.8 Å². The fraction of sp³-hybridized carbons (Fsp3) is 0.632. The monoisotopic (exact) mass is 317 g/mol. The topological polar surface area (TPSA) is 42.2 Å². The van der Waals surface area contributed by atoms with Crippen molar-refractivity contribution in [2.75, 3.05) is 13.2 Å². The van der Waals surface area contributed by atoms with E-state index in [1.165, 1.54) is 44.2 Å². The van der Waals surface area contributed by atoms with Gasteiger partial charge in [-0.3, -0.25) is 0 Å². The van der Waals surface area contributed by atoms with Crippen LogP contribution in [-0.4, -0.2) is 13.2 Å². The van der Waals surface area contributed by atoms with Crippen LogP contribution in [0.4, 0.5) is 4.39 Å². The minimum absolute atomic E-state index is 0.0510. The molecule has 1 heterocycles. The second-order valence-corrected chi connectivity index (χ2v) is 6.80. The Bertz CT molecular complexity index is 567. The predicted molar refractivity (Wildman–Crippen MR) is 85.0 cm³/mol. The molecule has 0 amide bonds. The summed E-state index contributed by atoms with van der Waals surface area (Å²) in [6.45, 7) is 3.63. The van der Waals surface area contributed by atoms with Gasteiger partial charge in [-0.05, 0) is 36.8 Å². The summed E-state index contributed by atoms with van der Waals surface area (Å²) >= 11 is 0. The summed E-state index contributed by atoms with van der Waals surface area (Å²) in [7, 11) is 0. The molecule has 4 heteroatoms. The molecule has 1 aliphatic heterocycles. The third-order valence-electron chi connectivity index (χ3n) is 5.44. The Morgan fingerprint density at radius 3 is 2.39 bits per heavy atom. The summed E-state index contributed by atoms with van der Waals surface area (Å²) in [5.74, 6) is 1.52. The lowest BCUT2D eigenvalue weighted by Gasteiger charge is -2.37. The first-order chi connectivity index (χ1) is 11.2. The minimum atomic E-state index is -0.516. The molecule has 23 heavy (non-hydrogen) atoms. The van der Waals surface area contributed by atoms with E-state index in [1.54, 1.807) is 6.07 Å². The summed E-state index contributed by atoms with van der Waals surface area (Å²) in [4.78, 5) is 0. The maximum Gasteiger partial charge on any atom is 0.183 e. The SMILES string of the molecule is CCC1CCC([C@H]2CO[C@H](c3ccc(C#N)c(F)c3)OC2)CC1. The fourth-order valence-electron chi connectivity index (χ4n) is 3.82. The fourth-order valence-corrected chi connectivity index (χ4v) is 3.82. The molecule has 0 N–H and O–H groups in total. The first-order valence-electron chi connectivity index (χ1n) is 8.64. The predicted octanol–water partition coefficient (Wildman–Crippen LogP) is 4.58. The molecule has 0 bridgehead atoms. The van der Waals surface area contributed by atoms with Gasteiger partial charge in [0, 0.05) is 11.5 Å². The number of hydrogen-bond acceptors (Lipinski definition) is 3. The van der Waals surface area contributed by atoms with Crippen molar-refractivity contribution < 1.29 is 13.9 Å². The molecule has 0 unspecified atom stereocenters. The van der Waals surface area contributed by atoms with Gasteiger partial charge in [0.2, 0.25) is 0 Å². The van der Waals surface area contributed by atoms with E-state index in [1.807, 2.05) is 6.07 Å². The summed E-state index contributed by atoms with van der Waals surface area (Å²) in [6, 6.07) is 6.36. The van der Waals surface area contributed by atoms with E-state index in [4.69, 9.17) is 14.7 Å². The number of halogens is 1. The molecule has 1 aromatic carbocycles. The Hall–Kier alpha value is -1.44. The zero-order valence-corrected chi connectivity index (χ0v) is 13.6. The Labute approximate surface area is 137 Å². The number of ether oxygens (including phenoxy) is 2. The van der Waals surface area contributed by atoms with Crippen molar-refractivity contribution >= 4 is 0 Å². The first kappa shape index (κ1) is 16.4. The molecular formula is C19H24FNO2. The third-order valence-corrected chi connectivity index (χ3v) is 5.44. The van der Waals surface area contributed by atoms with Crippen LogP contribution in [0.3, 0.4) is 0 Å². The van der Waals surface area contributed by atoms with Gasteiger partial charge in [-0.25, -0.2) is 4.39 Å². The maximum absolute atomic E-state index is 13.7. The standard InChI is InChI=1S/C19H24FNO2/c1-2-13-3-5-14(6-4-13)17-11-22-19(23-12-17)15-7-8-16(10-21)18(20)9-15/h7-9,13-14,17,19H,2-6,11-12H2,1H3/t13?,14?,17-,19-. The Balaban J connectivity index is 1.54. The maximum atomic E-state index is 13.7. The summed E-state index contributed by atoms with van der Waals surface area (Å²) in [5.41, 5.74) is 0.699. The van der Waals surface area contributed by atoms with Crippen molar-refractivity contribution in [3.05, 3.63) is 35.1 Å². The van der Waals surface area contributed by atoms with Gasteiger partial charge < -0.3 is 9.47 Å². The molecule has 1 aromatic rings. The average Bonchev–Trinajstić information content (AvgIpc) is 2.62. The highest BCUT2D eigenvalue weighted by Crippen LogP contribution is 2.38. The Morgan fingerprint density at radius 2 is 1.83 bits per heavy atom. The van der Waals surface area contributed by atoms with E-state index < -0.39 is 12.1 Å². The van der Waals surface area contributed by atoms with Crippen LogP contribution in [0.15, 0.2) is 18.2 Å². The molecular weight excluding hydrogens is 293 g/mol. The van der Waals surface area contributed by atoms with E-state index in [9.17, 15) is 4.39 Å². The number of benzene rings is 1. The Morgan fingerprint density at radius 1 is 1.13 bits per heavy atom. The molecule has 3 rings (SSSR count). The number of hydrogen-bond donors (Lipinski definition) is 0. The molecule has 1 saturated heterocycles. The molecule has 2 aliphatic rings. The first-order valence-corrected chi connectivity index (χ1v) is 8.64. The second kappa shape index (κ2) is 7.42. The van der Waals surface area contributed by atoms with Crippen LogP contribution in [0.1, 0.15) is 56.4 Å². The third kappa shape index (κ3) is 3.73. The lowest BCUT2D eigenvalue weighted by molar-refractivity contribution is -0.214. The highest BCUT2D eigenvalue weighted by atomic mass is 19.1. The molecule has 124 valence electrons. The lowest BCUT2D eigenvalue weighted by atomic mass is 9.75. The van der Waals surface area contributed by atoms with Crippen molar-refractivity contribution in [2.45, 2.75) is 45.3 Å². The summed E-state index contributed by atoms with van der Waals surface area (Å²) in [6.07, 6.45) is 5.96. The molecule has 3 nitrogen and oxygen atoms in total. The van der Waals surface area contributed by atoms with Gasteiger partial charge in [-0.1, -0.05) is 32.3 Å². The van der Waals surface area contributed by atoms with Gasteiger partial charge in [-0.15, -0.1) is 0 Å². The van der Waals surface area contributed by atoms with E-state index in [2.05, 4.69) is 6.92 Å². The Kier molecular flexibility index (Phi) is 5.30. The quantitative estimate of drug-likeness (QED) is 0.819. The normalized spacial score (nSPS) is 31.5. The summed E-state index contributed by atoms with van der Waals surface area (Å²) in [5, 5.41) is 8.78. The van der Waals surface area contributed by atoms with Crippen LogP contribution in [0.2, 0.25) is 0 Å². The van der Waals surface area contributed by atoms with E-state index in [0.29, 0.717) is 30.6 Å². The highest BCUT2D eigenvalue weighted by Gasteiger charge is 2.32. The average molecular weight is 317 g/mol. The van der Waals surface area contributed by atoms with Crippen LogP contribution in [0.5, 0.6) is 0 Å². The van der Waals surface area contributed by atoms with Gasteiger partial charge in [0.25, 0.3) is 0 Å². The molecule has 0 radical (unpaired) electrons. The van der Waals surface area contributed by atoms with Crippen molar-refractivity contribution in [3.63, 3.8) is 0 Å². The van der Waals surface area contributed by atoms with Crippen molar-refractivity contribution in [1.82, 2.24) is 0 Å². The molecule has 0 spiro atoms. The zero-order valence-electron chi connectivity index (χ0n) is 13.6. The van der Waals surface area contributed by atoms with Crippen molar-refractivity contribution in [2.24, 2.45) is 17.8 Å². The van der Waals surface area contributed by atoms with Crippen LogP contribution in [0, 0.1) is 34.9 Å². The van der Waals surface area contributed by atoms with Gasteiger partial charge in [-0.2, -0.15) is 5.26 Å². The molecule has 1 aliphatic carbocycles. The minimum Gasteiger partial charge on any atom is -0.348 e. The number of nitriles is 1. The van der Waals surface area contributed by atoms with E-state index >= 15 is 0 Å². The van der Waals surface area contributed by atoms with Gasteiger partial charge in [0.15, 0.2) is 6.29 Å². The van der Waals surface area contributed by atoms with E-state index in [-0.39, 0.29) is 5.56 Å². The van der Waals surface area contributed by atoms with Gasteiger partial charge in [0.1, 0.15) is 11.9 Å². The van der Waals surface area contributed by atoms with Crippen LogP contribution >= 0.6 is 0 Å². The molecule has 1 saturated carbocycles. The highest BCUT2D eigenvalue weighted by molar-refractivity contribution is 5.33. The molecule has 0 atom stereocenters. The van der Waals surface area contributed by atoms with Crippen molar-refractivity contribution in [1.29, 1.82) is 5.26 Å².